The molecule has 0 bridgehead atoms. The number of hydrogen-bond donors (Lipinski definition) is 3. The molecule has 22 heavy (non-hydrogen) atoms. The van der Waals surface area contributed by atoms with Crippen LogP contribution >= 0.6 is 15.9 Å². The average molecular weight is 369 g/mol. The number of carbonyl (C=O) groups excluding carboxylic acids is 2. The van der Waals surface area contributed by atoms with Gasteiger partial charge in [0.2, 0.25) is 5.91 Å². The highest BCUT2D eigenvalue weighted by molar-refractivity contribution is 9.10. The van der Waals surface area contributed by atoms with Crippen molar-refractivity contribution in [1.82, 2.24) is 10.6 Å². The fourth-order valence-electron chi connectivity index (χ4n) is 2.51. The van der Waals surface area contributed by atoms with Crippen molar-refractivity contribution in [3.63, 3.8) is 0 Å². The minimum absolute atomic E-state index is 0.0579. The molecule has 0 radical (unpaired) electrons. The molecule has 1 aromatic carbocycles. The van der Waals surface area contributed by atoms with Crippen LogP contribution in [0.4, 0.5) is 0 Å². The smallest absolute Gasteiger partial charge is 0.251 e. The molecule has 6 heteroatoms. The zero-order valence-electron chi connectivity index (χ0n) is 12.3. The molecule has 1 saturated carbocycles. The molecule has 0 spiro atoms. The van der Waals surface area contributed by atoms with Crippen LogP contribution in [0.2, 0.25) is 0 Å². The summed E-state index contributed by atoms with van der Waals surface area (Å²) >= 11 is 3.32. The van der Waals surface area contributed by atoms with Gasteiger partial charge < -0.3 is 15.7 Å². The molecule has 2 amide bonds. The van der Waals surface area contributed by atoms with E-state index in [0.29, 0.717) is 12.1 Å². The van der Waals surface area contributed by atoms with Gasteiger partial charge in [-0.2, -0.15) is 0 Å². The van der Waals surface area contributed by atoms with E-state index in [9.17, 15) is 14.7 Å². The molecule has 0 heterocycles. The number of carbonyl (C=O) groups is 2. The second-order valence-electron chi connectivity index (χ2n) is 5.59. The molecule has 1 aliphatic carbocycles. The van der Waals surface area contributed by atoms with Gasteiger partial charge in [-0.25, -0.2) is 0 Å². The van der Waals surface area contributed by atoms with Crippen molar-refractivity contribution in [1.29, 1.82) is 0 Å². The minimum atomic E-state index is -0.224. The van der Waals surface area contributed by atoms with Gasteiger partial charge in [0, 0.05) is 29.0 Å². The maximum absolute atomic E-state index is 11.9. The number of aliphatic hydroxyl groups excluding tert-OH is 1. The molecule has 5 nitrogen and oxygen atoms in total. The largest absolute Gasteiger partial charge is 0.393 e. The third-order valence-corrected chi connectivity index (χ3v) is 4.33. The van der Waals surface area contributed by atoms with Crippen LogP contribution in [0, 0.1) is 0 Å². The van der Waals surface area contributed by atoms with E-state index >= 15 is 0 Å². The number of rotatable bonds is 5. The topological polar surface area (TPSA) is 78.4 Å². The molecule has 0 saturated heterocycles. The normalized spacial score (nSPS) is 21.2. The molecule has 120 valence electrons. The molecule has 2 rings (SSSR count). The molecule has 0 unspecified atom stereocenters. The van der Waals surface area contributed by atoms with E-state index in [4.69, 9.17) is 0 Å². The number of halogens is 1. The van der Waals surface area contributed by atoms with Crippen LogP contribution in [0.5, 0.6) is 0 Å². The van der Waals surface area contributed by atoms with Crippen LogP contribution in [0.25, 0.3) is 0 Å². The monoisotopic (exact) mass is 368 g/mol. The van der Waals surface area contributed by atoms with Crippen molar-refractivity contribution in [2.24, 2.45) is 0 Å². The Balaban J connectivity index is 1.66. The highest BCUT2D eigenvalue weighted by Crippen LogP contribution is 2.18. The Kier molecular flexibility index (Phi) is 6.39. The Morgan fingerprint density at radius 1 is 1.14 bits per heavy atom. The van der Waals surface area contributed by atoms with Gasteiger partial charge in [0.05, 0.1) is 6.10 Å². The summed E-state index contributed by atoms with van der Waals surface area (Å²) in [6.07, 6.45) is 3.16. The zero-order chi connectivity index (χ0) is 15.9. The van der Waals surface area contributed by atoms with E-state index in [1.165, 1.54) is 0 Å². The fourth-order valence-corrected chi connectivity index (χ4v) is 2.78. The highest BCUT2D eigenvalue weighted by atomic mass is 79.9. The molecular weight excluding hydrogens is 348 g/mol. The van der Waals surface area contributed by atoms with Crippen LogP contribution in [0.3, 0.4) is 0 Å². The first-order valence-corrected chi connectivity index (χ1v) is 8.35. The Morgan fingerprint density at radius 3 is 2.41 bits per heavy atom. The first-order chi connectivity index (χ1) is 10.5. The quantitative estimate of drug-likeness (QED) is 0.743. The van der Waals surface area contributed by atoms with E-state index in [0.717, 1.165) is 30.2 Å². The van der Waals surface area contributed by atoms with Gasteiger partial charge in [0.15, 0.2) is 0 Å². The van der Waals surface area contributed by atoms with Crippen LogP contribution < -0.4 is 10.6 Å². The SMILES string of the molecule is O=C(CCNC(=O)c1ccc(Br)cc1)NC1CCC(O)CC1. The van der Waals surface area contributed by atoms with Crippen molar-refractivity contribution >= 4 is 27.7 Å². The van der Waals surface area contributed by atoms with Crippen LogP contribution in [-0.2, 0) is 4.79 Å². The molecule has 1 aliphatic rings. The van der Waals surface area contributed by atoms with Crippen molar-refractivity contribution in [3.05, 3.63) is 34.3 Å². The number of nitrogens with one attached hydrogen (secondary N) is 2. The Labute approximate surface area is 138 Å². The molecule has 1 fully saturated rings. The lowest BCUT2D eigenvalue weighted by Crippen LogP contribution is -2.40. The number of benzene rings is 1. The van der Waals surface area contributed by atoms with Crippen LogP contribution in [0.1, 0.15) is 42.5 Å². The maximum Gasteiger partial charge on any atom is 0.251 e. The Morgan fingerprint density at radius 2 is 1.77 bits per heavy atom. The molecule has 0 aromatic heterocycles. The second-order valence-corrected chi connectivity index (χ2v) is 6.50. The molecule has 1 aromatic rings. The standard InChI is InChI=1S/C16H21BrN2O3/c17-12-3-1-11(2-4-12)16(22)18-10-9-15(21)19-13-5-7-14(20)8-6-13/h1-4,13-14,20H,5-10H2,(H,18,22)(H,19,21). The van der Waals surface area contributed by atoms with E-state index < -0.39 is 0 Å². The predicted molar refractivity (Wildman–Crippen MR) is 87.5 cm³/mol. The summed E-state index contributed by atoms with van der Waals surface area (Å²) in [6.45, 7) is 0.316. The van der Waals surface area contributed by atoms with Gasteiger partial charge in [0.25, 0.3) is 5.91 Å². The van der Waals surface area contributed by atoms with Crippen molar-refractivity contribution < 1.29 is 14.7 Å². The van der Waals surface area contributed by atoms with E-state index in [1.807, 2.05) is 0 Å². The Bertz CT molecular complexity index is 511. The van der Waals surface area contributed by atoms with Crippen molar-refractivity contribution in [3.8, 4) is 0 Å². The maximum atomic E-state index is 11.9. The summed E-state index contributed by atoms with van der Waals surface area (Å²) in [7, 11) is 0. The summed E-state index contributed by atoms with van der Waals surface area (Å²) in [5.74, 6) is -0.237. The van der Waals surface area contributed by atoms with Gasteiger partial charge in [-0.15, -0.1) is 0 Å². The van der Waals surface area contributed by atoms with E-state index in [-0.39, 0.29) is 30.4 Å². The second kappa shape index (κ2) is 8.29. The molecule has 0 aliphatic heterocycles. The van der Waals surface area contributed by atoms with Crippen LogP contribution in [0.15, 0.2) is 28.7 Å². The average Bonchev–Trinajstić information content (AvgIpc) is 2.50. The van der Waals surface area contributed by atoms with Gasteiger partial charge >= 0.3 is 0 Å². The lowest BCUT2D eigenvalue weighted by Gasteiger charge is -2.26. The summed E-state index contributed by atoms with van der Waals surface area (Å²) in [4.78, 5) is 23.7. The summed E-state index contributed by atoms with van der Waals surface area (Å²) < 4.78 is 0.918. The minimum Gasteiger partial charge on any atom is -0.393 e. The third-order valence-electron chi connectivity index (χ3n) is 3.81. The lowest BCUT2D eigenvalue weighted by atomic mass is 9.93. The van der Waals surface area contributed by atoms with Crippen LogP contribution in [-0.4, -0.2) is 35.6 Å². The van der Waals surface area contributed by atoms with Crippen molar-refractivity contribution in [2.45, 2.75) is 44.2 Å². The molecule has 0 atom stereocenters. The number of hydrogen-bond acceptors (Lipinski definition) is 3. The zero-order valence-corrected chi connectivity index (χ0v) is 13.9. The predicted octanol–water partition coefficient (Wildman–Crippen LogP) is 1.99. The summed E-state index contributed by atoms with van der Waals surface area (Å²) in [6, 6.07) is 7.22. The highest BCUT2D eigenvalue weighted by Gasteiger charge is 2.20. The van der Waals surface area contributed by atoms with Gasteiger partial charge in [-0.1, -0.05) is 15.9 Å². The third kappa shape index (κ3) is 5.42. The number of amides is 2. The van der Waals surface area contributed by atoms with E-state index in [2.05, 4.69) is 26.6 Å². The summed E-state index contributed by atoms with van der Waals surface area (Å²) in [5.41, 5.74) is 0.574. The van der Waals surface area contributed by atoms with Gasteiger partial charge in [-0.3, -0.25) is 9.59 Å². The molecule has 3 N–H and O–H groups in total. The molecular formula is C16H21BrN2O3. The van der Waals surface area contributed by atoms with Gasteiger partial charge in [0.1, 0.15) is 0 Å². The fraction of sp³-hybridized carbons (Fsp3) is 0.500. The van der Waals surface area contributed by atoms with Gasteiger partial charge in [-0.05, 0) is 49.9 Å². The Hall–Kier alpha value is -1.40. The van der Waals surface area contributed by atoms with E-state index in [1.54, 1.807) is 24.3 Å². The first-order valence-electron chi connectivity index (χ1n) is 7.56. The lowest BCUT2D eigenvalue weighted by molar-refractivity contribution is -0.122. The summed E-state index contributed by atoms with van der Waals surface area (Å²) in [5, 5.41) is 15.1. The number of aliphatic hydroxyl groups is 1. The van der Waals surface area contributed by atoms with Crippen molar-refractivity contribution in [2.75, 3.05) is 6.54 Å². The first kappa shape index (κ1) is 17.0.